The van der Waals surface area contributed by atoms with Gasteiger partial charge in [-0.1, -0.05) is 32.1 Å². The molecule has 6 heteroatoms. The van der Waals surface area contributed by atoms with Crippen LogP contribution in [-0.2, 0) is 4.79 Å². The number of rotatable bonds is 6. The first kappa shape index (κ1) is 16.9. The van der Waals surface area contributed by atoms with Crippen LogP contribution in [0.5, 0.6) is 0 Å². The van der Waals surface area contributed by atoms with E-state index in [1.54, 1.807) is 0 Å². The van der Waals surface area contributed by atoms with E-state index in [0.717, 1.165) is 37.9 Å². The highest BCUT2D eigenvalue weighted by atomic mass is 32.2. The molecule has 0 aromatic carbocycles. The molecule has 130 valence electrons. The van der Waals surface area contributed by atoms with Gasteiger partial charge in [-0.05, 0) is 25.7 Å². The molecule has 2 saturated heterocycles. The van der Waals surface area contributed by atoms with Gasteiger partial charge < -0.3 is 16.0 Å². The topological polar surface area (TPSA) is 70.2 Å². The Kier molecular flexibility index (Phi) is 6.08. The fraction of sp³-hybridized carbons (Fsp3) is 0.882. The summed E-state index contributed by atoms with van der Waals surface area (Å²) in [5, 5.41) is 9.72. The smallest absolute Gasteiger partial charge is 0.315 e. The lowest BCUT2D eigenvalue weighted by atomic mass is 10.0. The molecule has 1 saturated carbocycles. The van der Waals surface area contributed by atoms with Crippen molar-refractivity contribution in [2.75, 3.05) is 5.75 Å². The summed E-state index contributed by atoms with van der Waals surface area (Å²) in [7, 11) is 0. The minimum atomic E-state index is -0.0203. The molecule has 3 fully saturated rings. The molecule has 3 N–H and O–H groups in total. The predicted octanol–water partition coefficient (Wildman–Crippen LogP) is 2.55. The zero-order valence-corrected chi connectivity index (χ0v) is 14.6. The van der Waals surface area contributed by atoms with E-state index in [1.807, 2.05) is 11.8 Å². The summed E-state index contributed by atoms with van der Waals surface area (Å²) in [4.78, 5) is 23.4. The van der Waals surface area contributed by atoms with Crippen molar-refractivity contribution in [2.24, 2.45) is 0 Å². The summed E-state index contributed by atoms with van der Waals surface area (Å²) < 4.78 is 0. The van der Waals surface area contributed by atoms with Crippen molar-refractivity contribution >= 4 is 23.7 Å². The van der Waals surface area contributed by atoms with E-state index in [2.05, 4.69) is 16.0 Å². The van der Waals surface area contributed by atoms with Gasteiger partial charge >= 0.3 is 6.03 Å². The second-order valence-electron chi connectivity index (χ2n) is 7.12. The summed E-state index contributed by atoms with van der Waals surface area (Å²) in [6.07, 6.45) is 11.2. The van der Waals surface area contributed by atoms with Gasteiger partial charge in [-0.2, -0.15) is 11.8 Å². The van der Waals surface area contributed by atoms with Crippen molar-refractivity contribution < 1.29 is 9.59 Å². The first-order chi connectivity index (χ1) is 11.2. The van der Waals surface area contributed by atoms with E-state index in [1.165, 1.54) is 25.7 Å². The fourth-order valence-corrected chi connectivity index (χ4v) is 5.54. The van der Waals surface area contributed by atoms with Crippen LogP contribution >= 0.6 is 11.8 Å². The minimum Gasteiger partial charge on any atom is -0.353 e. The van der Waals surface area contributed by atoms with E-state index in [-0.39, 0.29) is 18.0 Å². The Hall–Kier alpha value is -0.910. The second-order valence-corrected chi connectivity index (χ2v) is 8.40. The zero-order chi connectivity index (χ0) is 16.1. The summed E-state index contributed by atoms with van der Waals surface area (Å²) in [6, 6.07) is 0.979. The van der Waals surface area contributed by atoms with Gasteiger partial charge in [0.05, 0.1) is 12.1 Å². The number of hydrogen-bond acceptors (Lipinski definition) is 3. The molecule has 5 nitrogen and oxygen atoms in total. The molecule has 3 atom stereocenters. The third-order valence-corrected chi connectivity index (χ3v) is 6.81. The van der Waals surface area contributed by atoms with Gasteiger partial charge in [0.15, 0.2) is 0 Å². The lowest BCUT2D eigenvalue weighted by molar-refractivity contribution is -0.122. The molecule has 0 aromatic rings. The lowest BCUT2D eigenvalue weighted by Crippen LogP contribution is -2.36. The Morgan fingerprint density at radius 2 is 1.91 bits per heavy atom. The van der Waals surface area contributed by atoms with Crippen LogP contribution < -0.4 is 16.0 Å². The maximum absolute atomic E-state index is 12.1. The third-order valence-electron chi connectivity index (χ3n) is 5.30. The van der Waals surface area contributed by atoms with E-state index >= 15 is 0 Å². The van der Waals surface area contributed by atoms with Crippen LogP contribution in [0.2, 0.25) is 0 Å². The third kappa shape index (κ3) is 4.78. The van der Waals surface area contributed by atoms with Crippen molar-refractivity contribution in [3.05, 3.63) is 0 Å². The van der Waals surface area contributed by atoms with E-state index in [4.69, 9.17) is 0 Å². The van der Waals surface area contributed by atoms with Crippen LogP contribution in [-0.4, -0.2) is 41.1 Å². The minimum absolute atomic E-state index is 0.0203. The van der Waals surface area contributed by atoms with Gasteiger partial charge in [-0.3, -0.25) is 4.79 Å². The van der Waals surface area contributed by atoms with Crippen LogP contribution in [0.4, 0.5) is 4.79 Å². The first-order valence-corrected chi connectivity index (χ1v) is 10.3. The lowest BCUT2D eigenvalue weighted by Gasteiger charge is -2.17. The number of amides is 3. The number of unbranched alkanes of at least 4 members (excludes halogenated alkanes) is 1. The maximum Gasteiger partial charge on any atom is 0.315 e. The van der Waals surface area contributed by atoms with E-state index < -0.39 is 0 Å². The second kappa shape index (κ2) is 8.27. The first-order valence-electron chi connectivity index (χ1n) is 9.20. The highest BCUT2D eigenvalue weighted by Gasteiger charge is 2.42. The van der Waals surface area contributed by atoms with Gasteiger partial charge in [-0.15, -0.1) is 0 Å². The number of hydrogen-bond donors (Lipinski definition) is 3. The Balaban J connectivity index is 1.29. The van der Waals surface area contributed by atoms with Crippen molar-refractivity contribution in [2.45, 2.75) is 87.6 Å². The molecule has 23 heavy (non-hydrogen) atoms. The van der Waals surface area contributed by atoms with E-state index in [9.17, 15) is 9.59 Å². The van der Waals surface area contributed by atoms with Crippen molar-refractivity contribution in [3.63, 3.8) is 0 Å². The molecule has 0 unspecified atom stereocenters. The van der Waals surface area contributed by atoms with Crippen molar-refractivity contribution in [1.29, 1.82) is 0 Å². The van der Waals surface area contributed by atoms with Crippen LogP contribution in [0.25, 0.3) is 0 Å². The highest BCUT2D eigenvalue weighted by Crippen LogP contribution is 2.33. The number of urea groups is 1. The Bertz CT molecular complexity index is 424. The highest BCUT2D eigenvalue weighted by molar-refractivity contribution is 8.00. The Morgan fingerprint density at radius 1 is 1.13 bits per heavy atom. The van der Waals surface area contributed by atoms with Crippen molar-refractivity contribution in [3.8, 4) is 0 Å². The summed E-state index contributed by atoms with van der Waals surface area (Å²) in [5.41, 5.74) is 0. The molecule has 0 radical (unpaired) electrons. The van der Waals surface area contributed by atoms with Gasteiger partial charge in [0.2, 0.25) is 5.91 Å². The van der Waals surface area contributed by atoms with Gasteiger partial charge in [0.1, 0.15) is 0 Å². The molecule has 0 aromatic heterocycles. The monoisotopic (exact) mass is 339 g/mol. The largest absolute Gasteiger partial charge is 0.353 e. The molecule has 3 rings (SSSR count). The molecule has 1 aliphatic carbocycles. The molecule has 3 amide bonds. The zero-order valence-electron chi connectivity index (χ0n) is 13.8. The molecule has 0 bridgehead atoms. The summed E-state index contributed by atoms with van der Waals surface area (Å²) in [5.74, 6) is 1.24. The average Bonchev–Trinajstić information content (AvgIpc) is 2.94. The van der Waals surface area contributed by atoms with Gasteiger partial charge in [-0.25, -0.2) is 4.79 Å². The molecule has 2 aliphatic heterocycles. The number of thioether (sulfide) groups is 1. The summed E-state index contributed by atoms with van der Waals surface area (Å²) in [6.45, 7) is 0. The molecular weight excluding hydrogens is 310 g/mol. The average molecular weight is 340 g/mol. The Morgan fingerprint density at radius 3 is 2.70 bits per heavy atom. The number of nitrogens with one attached hydrogen (secondary N) is 3. The standard InChI is InChI=1S/C17H29N3O2S/c21-15(18-12-7-3-1-2-4-8-12)10-6-5-9-14-16-13(11-23-14)19-17(22)20-16/h12-14,16H,1-11H2,(H,18,21)(H2,19,20,22)/t13-,14-,16-/m0/s1. The van der Waals surface area contributed by atoms with Crippen LogP contribution in [0.15, 0.2) is 0 Å². The van der Waals surface area contributed by atoms with Gasteiger partial charge in [0.25, 0.3) is 0 Å². The Labute approximate surface area is 143 Å². The van der Waals surface area contributed by atoms with Gasteiger partial charge in [0, 0.05) is 23.5 Å². The molecule has 2 heterocycles. The molecular formula is C17H29N3O2S. The normalized spacial score (nSPS) is 31.1. The predicted molar refractivity (Wildman–Crippen MR) is 93.6 cm³/mol. The number of carbonyl (C=O) groups excluding carboxylic acids is 2. The number of carbonyl (C=O) groups is 2. The molecule has 0 spiro atoms. The SMILES string of the molecule is O=C(CCCC[C@@H]1SC[C@@H]2NC(=O)N[C@@H]21)NC1CCCCCC1. The number of fused-ring (bicyclic) bond motifs is 1. The van der Waals surface area contributed by atoms with Crippen LogP contribution in [0.1, 0.15) is 64.2 Å². The van der Waals surface area contributed by atoms with Crippen molar-refractivity contribution in [1.82, 2.24) is 16.0 Å². The fourth-order valence-electron chi connectivity index (χ4n) is 4.00. The molecule has 3 aliphatic rings. The quantitative estimate of drug-likeness (QED) is 0.396. The van der Waals surface area contributed by atoms with Crippen LogP contribution in [0, 0.1) is 0 Å². The van der Waals surface area contributed by atoms with Crippen LogP contribution in [0.3, 0.4) is 0 Å². The van der Waals surface area contributed by atoms with E-state index in [0.29, 0.717) is 23.8 Å². The maximum atomic E-state index is 12.1. The summed E-state index contributed by atoms with van der Waals surface area (Å²) >= 11 is 1.95.